The Morgan fingerprint density at radius 3 is 1.96 bits per heavy atom. The van der Waals surface area contributed by atoms with Gasteiger partial charge in [-0.25, -0.2) is 0 Å². The first kappa shape index (κ1) is 21.4. The van der Waals surface area contributed by atoms with Crippen LogP contribution in [0.15, 0.2) is 0 Å². The van der Waals surface area contributed by atoms with Crippen molar-refractivity contribution < 1.29 is 14.3 Å². The quantitative estimate of drug-likeness (QED) is 0.366. The SMILES string of the molecule is CCCCCCCCCCCCCC[C@H]1OC[C@H](N)[C@H]1OC(C)=O. The molecular formula is C20H39NO3. The maximum absolute atomic E-state index is 11.1. The second kappa shape index (κ2) is 13.7. The number of esters is 1. The average Bonchev–Trinajstić information content (AvgIpc) is 2.88. The molecule has 1 rings (SSSR count). The van der Waals surface area contributed by atoms with Gasteiger partial charge in [-0.1, -0.05) is 84.0 Å². The fourth-order valence-corrected chi connectivity index (χ4v) is 3.49. The minimum atomic E-state index is -0.263. The van der Waals surface area contributed by atoms with Crippen LogP contribution in [0, 0.1) is 0 Å². The van der Waals surface area contributed by atoms with Gasteiger partial charge in [0.25, 0.3) is 0 Å². The molecule has 1 saturated heterocycles. The molecule has 0 radical (unpaired) electrons. The number of rotatable bonds is 14. The molecule has 0 aromatic heterocycles. The van der Waals surface area contributed by atoms with E-state index in [0.717, 1.165) is 12.8 Å². The highest BCUT2D eigenvalue weighted by molar-refractivity contribution is 5.66. The van der Waals surface area contributed by atoms with Crippen molar-refractivity contribution in [1.29, 1.82) is 0 Å². The molecule has 3 atom stereocenters. The summed E-state index contributed by atoms with van der Waals surface area (Å²) in [4.78, 5) is 11.1. The third-order valence-corrected chi connectivity index (χ3v) is 4.94. The van der Waals surface area contributed by atoms with Crippen molar-refractivity contribution in [2.24, 2.45) is 5.73 Å². The molecule has 0 unspecified atom stereocenters. The third-order valence-electron chi connectivity index (χ3n) is 4.94. The van der Waals surface area contributed by atoms with Crippen molar-refractivity contribution in [2.45, 2.75) is 116 Å². The van der Waals surface area contributed by atoms with Gasteiger partial charge in [-0.3, -0.25) is 4.79 Å². The monoisotopic (exact) mass is 341 g/mol. The van der Waals surface area contributed by atoms with E-state index in [1.807, 2.05) is 0 Å². The van der Waals surface area contributed by atoms with Crippen LogP contribution < -0.4 is 5.73 Å². The summed E-state index contributed by atoms with van der Waals surface area (Å²) in [5.41, 5.74) is 5.95. The highest BCUT2D eigenvalue weighted by atomic mass is 16.6. The van der Waals surface area contributed by atoms with E-state index in [4.69, 9.17) is 15.2 Å². The summed E-state index contributed by atoms with van der Waals surface area (Å²) < 4.78 is 11.0. The van der Waals surface area contributed by atoms with E-state index >= 15 is 0 Å². The van der Waals surface area contributed by atoms with Gasteiger partial charge in [0, 0.05) is 6.92 Å². The lowest BCUT2D eigenvalue weighted by Gasteiger charge is -2.20. The fraction of sp³-hybridized carbons (Fsp3) is 0.950. The Morgan fingerprint density at radius 1 is 0.958 bits per heavy atom. The summed E-state index contributed by atoms with van der Waals surface area (Å²) in [7, 11) is 0. The summed E-state index contributed by atoms with van der Waals surface area (Å²) in [6.07, 6.45) is 16.8. The predicted octanol–water partition coefficient (Wildman–Crippen LogP) is 4.74. The predicted molar refractivity (Wildman–Crippen MR) is 99.0 cm³/mol. The van der Waals surface area contributed by atoms with Crippen LogP contribution in [-0.4, -0.2) is 30.8 Å². The van der Waals surface area contributed by atoms with Gasteiger partial charge in [-0.05, 0) is 6.42 Å². The van der Waals surface area contributed by atoms with E-state index in [2.05, 4.69) is 6.92 Å². The number of unbranched alkanes of at least 4 members (excludes halogenated alkanes) is 11. The Kier molecular flexibility index (Phi) is 12.2. The van der Waals surface area contributed by atoms with E-state index in [-0.39, 0.29) is 24.2 Å². The second-order valence-electron chi connectivity index (χ2n) is 7.29. The molecule has 4 nitrogen and oxygen atoms in total. The lowest BCUT2D eigenvalue weighted by atomic mass is 10.0. The average molecular weight is 342 g/mol. The Labute approximate surface area is 148 Å². The van der Waals surface area contributed by atoms with E-state index in [1.54, 1.807) is 0 Å². The third kappa shape index (κ3) is 9.63. The first-order valence-electron chi connectivity index (χ1n) is 10.2. The molecule has 142 valence electrons. The zero-order valence-electron chi connectivity index (χ0n) is 15.9. The molecule has 4 heteroatoms. The molecule has 1 fully saturated rings. The molecule has 2 N–H and O–H groups in total. The number of ether oxygens (including phenoxy) is 2. The molecule has 1 aliphatic rings. The highest BCUT2D eigenvalue weighted by Gasteiger charge is 2.36. The summed E-state index contributed by atoms with van der Waals surface area (Å²) >= 11 is 0. The van der Waals surface area contributed by atoms with Crippen molar-refractivity contribution in [2.75, 3.05) is 6.61 Å². The van der Waals surface area contributed by atoms with Crippen molar-refractivity contribution in [3.8, 4) is 0 Å². The maximum Gasteiger partial charge on any atom is 0.303 e. The minimum Gasteiger partial charge on any atom is -0.458 e. The zero-order valence-corrected chi connectivity index (χ0v) is 15.9. The van der Waals surface area contributed by atoms with Gasteiger partial charge in [-0.15, -0.1) is 0 Å². The Bertz CT molecular complexity index is 322. The van der Waals surface area contributed by atoms with E-state index < -0.39 is 0 Å². The molecule has 0 saturated carbocycles. The largest absolute Gasteiger partial charge is 0.458 e. The van der Waals surface area contributed by atoms with Crippen LogP contribution in [0.1, 0.15) is 97.3 Å². The molecular weight excluding hydrogens is 302 g/mol. The molecule has 0 aromatic carbocycles. The van der Waals surface area contributed by atoms with Gasteiger partial charge in [-0.2, -0.15) is 0 Å². The Hall–Kier alpha value is -0.610. The van der Waals surface area contributed by atoms with E-state index in [0.29, 0.717) is 6.61 Å². The molecule has 1 aliphatic heterocycles. The summed E-state index contributed by atoms with van der Waals surface area (Å²) in [6.45, 7) is 4.20. The standard InChI is InChI=1S/C20H39NO3/c1-3-4-5-6-7-8-9-10-11-12-13-14-15-19-20(24-17(2)22)18(21)16-23-19/h18-20H,3-16,21H2,1-2H3/t18-,19+,20+/m0/s1. The van der Waals surface area contributed by atoms with Crippen LogP contribution in [0.5, 0.6) is 0 Å². The molecule has 0 bridgehead atoms. The van der Waals surface area contributed by atoms with Gasteiger partial charge >= 0.3 is 5.97 Å². The number of nitrogens with two attached hydrogens (primary N) is 1. The molecule has 24 heavy (non-hydrogen) atoms. The number of hydrogen-bond acceptors (Lipinski definition) is 4. The number of carbonyl (C=O) groups is 1. The Morgan fingerprint density at radius 2 is 1.46 bits per heavy atom. The van der Waals surface area contributed by atoms with Crippen molar-refractivity contribution >= 4 is 5.97 Å². The summed E-state index contributed by atoms with van der Waals surface area (Å²) in [5, 5.41) is 0. The van der Waals surface area contributed by atoms with Gasteiger partial charge in [0.05, 0.1) is 18.8 Å². The second-order valence-corrected chi connectivity index (χ2v) is 7.29. The lowest BCUT2D eigenvalue weighted by Crippen LogP contribution is -2.40. The van der Waals surface area contributed by atoms with E-state index in [1.165, 1.54) is 77.6 Å². The molecule has 0 aliphatic carbocycles. The fourth-order valence-electron chi connectivity index (χ4n) is 3.49. The van der Waals surface area contributed by atoms with Crippen LogP contribution in [0.4, 0.5) is 0 Å². The summed E-state index contributed by atoms with van der Waals surface area (Å²) in [5.74, 6) is -0.263. The van der Waals surface area contributed by atoms with Crippen molar-refractivity contribution in [3.05, 3.63) is 0 Å². The molecule has 0 amide bonds. The van der Waals surface area contributed by atoms with Crippen molar-refractivity contribution in [1.82, 2.24) is 0 Å². The first-order valence-corrected chi connectivity index (χ1v) is 10.2. The number of carbonyl (C=O) groups excluding carboxylic acids is 1. The Balaban J connectivity index is 1.92. The van der Waals surface area contributed by atoms with Gasteiger partial charge in [0.15, 0.2) is 0 Å². The molecule has 0 spiro atoms. The van der Waals surface area contributed by atoms with Crippen LogP contribution in [0.2, 0.25) is 0 Å². The van der Waals surface area contributed by atoms with Gasteiger partial charge < -0.3 is 15.2 Å². The van der Waals surface area contributed by atoms with Crippen LogP contribution in [0.3, 0.4) is 0 Å². The van der Waals surface area contributed by atoms with Crippen LogP contribution >= 0.6 is 0 Å². The minimum absolute atomic E-state index is 0.00739. The van der Waals surface area contributed by atoms with E-state index in [9.17, 15) is 4.79 Å². The topological polar surface area (TPSA) is 61.6 Å². The lowest BCUT2D eigenvalue weighted by molar-refractivity contribution is -0.149. The zero-order chi connectivity index (χ0) is 17.6. The van der Waals surface area contributed by atoms with Crippen molar-refractivity contribution in [3.63, 3.8) is 0 Å². The highest BCUT2D eigenvalue weighted by Crippen LogP contribution is 2.22. The van der Waals surface area contributed by atoms with Crippen LogP contribution in [-0.2, 0) is 14.3 Å². The van der Waals surface area contributed by atoms with Crippen LogP contribution in [0.25, 0.3) is 0 Å². The summed E-state index contributed by atoms with van der Waals surface area (Å²) in [6, 6.07) is -0.170. The molecule has 0 aromatic rings. The maximum atomic E-state index is 11.1. The normalized spacial score (nSPS) is 23.5. The first-order chi connectivity index (χ1) is 11.6. The number of hydrogen-bond donors (Lipinski definition) is 1. The molecule has 1 heterocycles. The van der Waals surface area contributed by atoms with Gasteiger partial charge in [0.1, 0.15) is 6.10 Å². The van der Waals surface area contributed by atoms with Gasteiger partial charge in [0.2, 0.25) is 0 Å². The smallest absolute Gasteiger partial charge is 0.303 e.